The molecule has 28 heavy (non-hydrogen) atoms. The Hall–Kier alpha value is -0.430. The Balaban J connectivity index is -0.00000312. The van der Waals surface area contributed by atoms with Crippen molar-refractivity contribution in [3.8, 4) is 0 Å². The molecule has 0 saturated carbocycles. The number of rotatable bonds is 18. The minimum Gasteiger partial charge on any atom is -0.550 e. The van der Waals surface area contributed by atoms with E-state index < -0.39 is 12.1 Å². The molecule has 0 saturated heterocycles. The fourth-order valence-corrected chi connectivity index (χ4v) is 2.58. The molecular formula is C20H36N3NaO3S. The van der Waals surface area contributed by atoms with E-state index >= 15 is 0 Å². The number of allylic oxidation sites excluding steroid dienone is 4. The van der Waals surface area contributed by atoms with Crippen molar-refractivity contribution >= 4 is 19.5 Å². The normalized spacial score (nSPS) is 11.6. The number of carboxylic acids is 1. The van der Waals surface area contributed by atoms with Gasteiger partial charge in [0.1, 0.15) is 0 Å². The molecule has 8 heteroatoms. The fraction of sp³-hybridized carbons (Fsp3) is 0.750. The molecular weight excluding hydrogens is 385 g/mol. The van der Waals surface area contributed by atoms with Gasteiger partial charge in [0.25, 0.3) is 0 Å². The van der Waals surface area contributed by atoms with Crippen LogP contribution in [0.4, 0.5) is 0 Å². The molecule has 0 heterocycles. The van der Waals surface area contributed by atoms with Crippen molar-refractivity contribution < 1.29 is 44.6 Å². The minimum absolute atomic E-state index is 0. The van der Waals surface area contributed by atoms with Crippen molar-refractivity contribution in [3.63, 3.8) is 0 Å². The van der Waals surface area contributed by atoms with Crippen LogP contribution in [0.5, 0.6) is 0 Å². The molecule has 0 radical (unpaired) electrons. The number of carbonyl (C=O) groups is 1. The molecule has 156 valence electrons. The summed E-state index contributed by atoms with van der Waals surface area (Å²) in [6, 6.07) is 0. The van der Waals surface area contributed by atoms with Crippen LogP contribution in [-0.4, -0.2) is 23.7 Å². The molecule has 0 fully saturated rings. The minimum atomic E-state index is -0.964. The number of aliphatic hydroxyl groups excluding tert-OH is 1. The van der Waals surface area contributed by atoms with E-state index in [4.69, 9.17) is 5.53 Å². The zero-order valence-electron chi connectivity index (χ0n) is 17.4. The topological polar surface area (TPSA) is 109 Å². The van der Waals surface area contributed by atoms with Crippen LogP contribution in [0, 0.1) is 0 Å². The Bertz CT molecular complexity index is 456. The number of unbranched alkanes of at least 4 members (excludes halogenated alkanes) is 8. The zero-order valence-corrected chi connectivity index (χ0v) is 20.4. The molecule has 0 spiro atoms. The van der Waals surface area contributed by atoms with Crippen LogP contribution in [0.25, 0.3) is 10.4 Å². The summed E-state index contributed by atoms with van der Waals surface area (Å²) in [5.41, 5.74) is 8.16. The van der Waals surface area contributed by atoms with E-state index in [1.54, 1.807) is 0 Å². The average Bonchev–Trinajstić information content (AvgIpc) is 2.62. The van der Waals surface area contributed by atoms with Gasteiger partial charge in [0.15, 0.2) is 0 Å². The van der Waals surface area contributed by atoms with Crippen LogP contribution in [0.15, 0.2) is 29.4 Å². The van der Waals surface area contributed by atoms with Crippen molar-refractivity contribution in [2.75, 3.05) is 6.54 Å². The number of hydrogen-bond acceptors (Lipinski definition) is 4. The van der Waals surface area contributed by atoms with E-state index in [-0.39, 0.29) is 56.0 Å². The number of nitrogens with zero attached hydrogens (tertiary/aromatic N) is 3. The summed E-state index contributed by atoms with van der Waals surface area (Å²) in [5, 5.41) is 23.1. The fourth-order valence-electron chi connectivity index (χ4n) is 2.58. The zero-order chi connectivity index (χ0) is 19.3. The summed E-state index contributed by atoms with van der Waals surface area (Å²) in [4.78, 5) is 12.9. The molecule has 0 amide bonds. The molecule has 0 aliphatic heterocycles. The molecule has 0 aromatic rings. The second kappa shape index (κ2) is 26.6. The molecule has 0 rings (SSSR count). The standard InChI is InChI=1S/C20H35N3O3.Na.H2S/c21-23-22-18-19(24)16-14-12-10-8-6-4-2-1-3-5-7-9-11-13-15-17-20(25)26;;/h8-11,19,24H,1-7,12-18H2,(H,25,26);;1H2/q;+1;/p-1/b10-8-,11-9-;;/t19-;;/m0../s1. The van der Waals surface area contributed by atoms with Gasteiger partial charge in [-0.15, -0.1) is 0 Å². The van der Waals surface area contributed by atoms with E-state index in [0.717, 1.165) is 32.1 Å². The summed E-state index contributed by atoms with van der Waals surface area (Å²) in [6.07, 6.45) is 20.7. The Labute approximate surface area is 199 Å². The predicted octanol–water partition coefficient (Wildman–Crippen LogP) is 1.71. The third kappa shape index (κ3) is 27.8. The van der Waals surface area contributed by atoms with Crippen LogP contribution >= 0.6 is 13.5 Å². The van der Waals surface area contributed by atoms with Gasteiger partial charge >= 0.3 is 29.6 Å². The Morgan fingerprint density at radius 3 is 1.89 bits per heavy atom. The van der Waals surface area contributed by atoms with Crippen molar-refractivity contribution in [2.45, 2.75) is 89.6 Å². The number of carbonyl (C=O) groups excluding carboxylic acids is 1. The van der Waals surface area contributed by atoms with Gasteiger partial charge in [-0.1, -0.05) is 48.7 Å². The van der Waals surface area contributed by atoms with Gasteiger partial charge in [0.05, 0.1) is 12.6 Å². The molecule has 1 atom stereocenters. The maximum Gasteiger partial charge on any atom is 1.00 e. The Kier molecular flexibility index (Phi) is 30.6. The quantitative estimate of drug-likeness (QED) is 0.0908. The van der Waals surface area contributed by atoms with Crippen LogP contribution < -0.4 is 34.7 Å². The average molecular weight is 422 g/mol. The van der Waals surface area contributed by atoms with Crippen molar-refractivity contribution in [3.05, 3.63) is 34.7 Å². The van der Waals surface area contributed by atoms with Gasteiger partial charge in [-0.25, -0.2) is 0 Å². The maximum atomic E-state index is 10.2. The molecule has 0 aromatic heterocycles. The van der Waals surface area contributed by atoms with Gasteiger partial charge in [-0.05, 0) is 69.7 Å². The molecule has 0 bridgehead atoms. The van der Waals surface area contributed by atoms with Gasteiger partial charge < -0.3 is 15.0 Å². The first-order valence-electron chi connectivity index (χ1n) is 9.85. The number of hydrogen-bond donors (Lipinski definition) is 1. The predicted molar refractivity (Wildman–Crippen MR) is 114 cm³/mol. The third-order valence-electron chi connectivity index (χ3n) is 4.09. The molecule has 0 aromatic carbocycles. The van der Waals surface area contributed by atoms with E-state index in [2.05, 4.69) is 34.3 Å². The monoisotopic (exact) mass is 421 g/mol. The molecule has 0 aliphatic rings. The summed E-state index contributed by atoms with van der Waals surface area (Å²) < 4.78 is 0. The van der Waals surface area contributed by atoms with Crippen molar-refractivity contribution in [1.82, 2.24) is 0 Å². The smallest absolute Gasteiger partial charge is 0.550 e. The molecule has 0 unspecified atom stereocenters. The maximum absolute atomic E-state index is 10.2. The second-order valence-corrected chi connectivity index (χ2v) is 6.55. The third-order valence-corrected chi connectivity index (χ3v) is 4.09. The van der Waals surface area contributed by atoms with Gasteiger partial charge in [0.2, 0.25) is 0 Å². The number of azide groups is 1. The Morgan fingerprint density at radius 2 is 1.39 bits per heavy atom. The summed E-state index contributed by atoms with van der Waals surface area (Å²) in [7, 11) is 0. The largest absolute Gasteiger partial charge is 1.00 e. The molecule has 0 aliphatic carbocycles. The van der Waals surface area contributed by atoms with Gasteiger partial charge in [-0.2, -0.15) is 13.5 Å². The summed E-state index contributed by atoms with van der Waals surface area (Å²) in [5.74, 6) is -0.964. The van der Waals surface area contributed by atoms with Crippen molar-refractivity contribution in [1.29, 1.82) is 0 Å². The second-order valence-electron chi connectivity index (χ2n) is 6.55. The Morgan fingerprint density at radius 1 is 0.929 bits per heavy atom. The van der Waals surface area contributed by atoms with Gasteiger partial charge in [-0.3, -0.25) is 0 Å². The first kappa shape index (κ1) is 32.2. The first-order valence-corrected chi connectivity index (χ1v) is 9.85. The van der Waals surface area contributed by atoms with E-state index in [1.165, 1.54) is 32.1 Å². The SMILES string of the molecule is S.[N-]=[N+]=NC[C@@H](O)CCC/C=C\CCCCCCC/C=C\CCCC(=O)[O-].[Na+]. The van der Waals surface area contributed by atoms with E-state index in [9.17, 15) is 15.0 Å². The van der Waals surface area contributed by atoms with Crippen LogP contribution in [0.1, 0.15) is 83.5 Å². The van der Waals surface area contributed by atoms with Crippen LogP contribution in [0.2, 0.25) is 0 Å². The first-order chi connectivity index (χ1) is 12.7. The molecule has 6 nitrogen and oxygen atoms in total. The van der Waals surface area contributed by atoms with Gasteiger partial charge in [0, 0.05) is 10.9 Å². The van der Waals surface area contributed by atoms with E-state index in [1.807, 2.05) is 0 Å². The summed E-state index contributed by atoms with van der Waals surface area (Å²) in [6.45, 7) is 0.165. The number of aliphatic hydroxyl groups is 1. The molecule has 1 N–H and O–H groups in total. The number of carboxylic acid groups (broad SMARTS) is 1. The van der Waals surface area contributed by atoms with E-state index in [0.29, 0.717) is 12.8 Å². The van der Waals surface area contributed by atoms with Crippen molar-refractivity contribution in [2.24, 2.45) is 5.11 Å². The van der Waals surface area contributed by atoms with Crippen LogP contribution in [0.3, 0.4) is 0 Å². The van der Waals surface area contributed by atoms with Crippen LogP contribution in [-0.2, 0) is 4.79 Å². The summed E-state index contributed by atoms with van der Waals surface area (Å²) >= 11 is 0. The number of aliphatic carboxylic acids is 1.